The first-order valence-corrected chi connectivity index (χ1v) is 11.0. The maximum absolute atomic E-state index is 13.2. The minimum atomic E-state index is -0.263. The highest BCUT2D eigenvalue weighted by Gasteiger charge is 2.19. The van der Waals surface area contributed by atoms with E-state index in [0.29, 0.717) is 49.4 Å². The number of rotatable bonds is 1. The zero-order valence-corrected chi connectivity index (χ0v) is 18.5. The molecule has 0 aliphatic carbocycles. The van der Waals surface area contributed by atoms with Gasteiger partial charge in [-0.15, -0.1) is 0 Å². The highest BCUT2D eigenvalue weighted by atomic mass is 16.5. The van der Waals surface area contributed by atoms with Gasteiger partial charge in [-0.2, -0.15) is 5.10 Å². The number of aryl methyl sites for hydroxylation is 1. The molecule has 0 saturated heterocycles. The van der Waals surface area contributed by atoms with Crippen molar-refractivity contribution in [3.8, 4) is 5.75 Å². The molecule has 2 aromatic heterocycles. The van der Waals surface area contributed by atoms with Crippen LogP contribution in [0.15, 0.2) is 48.8 Å². The van der Waals surface area contributed by atoms with Crippen LogP contribution in [0.25, 0.3) is 5.52 Å². The molecule has 0 spiro atoms. The molecule has 172 valence electrons. The number of pyridine rings is 1. The zero-order chi connectivity index (χ0) is 23.2. The highest BCUT2D eigenvalue weighted by molar-refractivity contribution is 5.97. The Morgan fingerprint density at radius 2 is 1.94 bits per heavy atom. The fourth-order valence-corrected chi connectivity index (χ4v) is 3.77. The summed E-state index contributed by atoms with van der Waals surface area (Å²) in [6, 6.07) is 10.7. The van der Waals surface area contributed by atoms with Crippen LogP contribution in [-0.2, 0) is 4.79 Å². The fourth-order valence-electron chi connectivity index (χ4n) is 3.77. The second-order valence-electron chi connectivity index (χ2n) is 7.97. The number of nitrogens with zero attached hydrogens (tertiary/aromatic N) is 3. The summed E-state index contributed by atoms with van der Waals surface area (Å²) in [6.45, 7) is 3.50. The van der Waals surface area contributed by atoms with Crippen LogP contribution < -0.4 is 15.4 Å². The van der Waals surface area contributed by atoms with E-state index in [4.69, 9.17) is 4.74 Å². The van der Waals surface area contributed by atoms with Crippen LogP contribution in [-0.4, -0.2) is 65.0 Å². The molecule has 0 bridgehead atoms. The lowest BCUT2D eigenvalue weighted by Crippen LogP contribution is -2.39. The molecule has 3 heterocycles. The maximum atomic E-state index is 13.2. The number of nitrogens with one attached hydrogen (secondary N) is 2. The normalized spacial score (nSPS) is 16.1. The van der Waals surface area contributed by atoms with Crippen molar-refractivity contribution < 1.29 is 19.1 Å². The van der Waals surface area contributed by atoms with Gasteiger partial charge in [0.25, 0.3) is 11.8 Å². The summed E-state index contributed by atoms with van der Waals surface area (Å²) >= 11 is 0. The predicted molar refractivity (Wildman–Crippen MR) is 122 cm³/mol. The van der Waals surface area contributed by atoms with E-state index in [-0.39, 0.29) is 30.9 Å². The van der Waals surface area contributed by atoms with Crippen LogP contribution in [0.1, 0.15) is 39.1 Å². The zero-order valence-electron chi connectivity index (χ0n) is 18.5. The lowest BCUT2D eigenvalue weighted by molar-refractivity contribution is -0.121. The van der Waals surface area contributed by atoms with Gasteiger partial charge in [-0.1, -0.05) is 11.6 Å². The monoisotopic (exact) mass is 449 g/mol. The van der Waals surface area contributed by atoms with Crippen LogP contribution in [0.4, 0.5) is 0 Å². The van der Waals surface area contributed by atoms with Crippen molar-refractivity contribution in [1.82, 2.24) is 25.1 Å². The molecule has 3 amide bonds. The van der Waals surface area contributed by atoms with E-state index < -0.39 is 0 Å². The summed E-state index contributed by atoms with van der Waals surface area (Å²) in [4.78, 5) is 39.9. The number of fused-ring (bicyclic) bond motifs is 2. The van der Waals surface area contributed by atoms with E-state index in [1.807, 2.05) is 19.1 Å². The molecule has 1 aliphatic heterocycles. The van der Waals surface area contributed by atoms with Crippen molar-refractivity contribution in [2.45, 2.75) is 19.8 Å². The molecule has 33 heavy (non-hydrogen) atoms. The lowest BCUT2D eigenvalue weighted by atomic mass is 10.1. The van der Waals surface area contributed by atoms with Crippen molar-refractivity contribution in [2.75, 3.05) is 32.8 Å². The number of ether oxygens (including phenoxy) is 1. The van der Waals surface area contributed by atoms with Gasteiger partial charge in [0.15, 0.2) is 0 Å². The first-order valence-electron chi connectivity index (χ1n) is 11.0. The number of hydrogen-bond acceptors (Lipinski definition) is 5. The third-order valence-electron chi connectivity index (χ3n) is 5.49. The molecule has 3 aromatic rings. The molecule has 0 atom stereocenters. The van der Waals surface area contributed by atoms with E-state index in [2.05, 4.69) is 15.7 Å². The van der Waals surface area contributed by atoms with Gasteiger partial charge in [-0.05, 0) is 43.7 Å². The molecule has 0 fully saturated rings. The molecule has 0 radical (unpaired) electrons. The van der Waals surface area contributed by atoms with E-state index in [0.717, 1.165) is 11.1 Å². The van der Waals surface area contributed by atoms with Crippen molar-refractivity contribution in [1.29, 1.82) is 0 Å². The van der Waals surface area contributed by atoms with Crippen molar-refractivity contribution in [2.24, 2.45) is 0 Å². The van der Waals surface area contributed by atoms with Crippen LogP contribution in [0.2, 0.25) is 0 Å². The Bertz CT molecular complexity index is 1170. The topological polar surface area (TPSA) is 105 Å². The lowest BCUT2D eigenvalue weighted by Gasteiger charge is -2.23. The Morgan fingerprint density at radius 3 is 2.82 bits per heavy atom. The van der Waals surface area contributed by atoms with Crippen LogP contribution >= 0.6 is 0 Å². The van der Waals surface area contributed by atoms with E-state index in [1.54, 1.807) is 46.1 Å². The van der Waals surface area contributed by atoms with E-state index in [1.165, 1.54) is 0 Å². The average Bonchev–Trinajstić information content (AvgIpc) is 3.28. The number of carbonyl (C=O) groups excluding carboxylic acids is 3. The summed E-state index contributed by atoms with van der Waals surface area (Å²) in [6.07, 6.45) is 4.23. The Balaban J connectivity index is 1.53. The van der Waals surface area contributed by atoms with E-state index >= 15 is 0 Å². The summed E-state index contributed by atoms with van der Waals surface area (Å²) < 4.78 is 7.43. The van der Waals surface area contributed by atoms with Gasteiger partial charge >= 0.3 is 0 Å². The third kappa shape index (κ3) is 5.49. The van der Waals surface area contributed by atoms with Crippen molar-refractivity contribution in [3.63, 3.8) is 0 Å². The fraction of sp³-hybridized carbons (Fsp3) is 0.333. The Hall–Kier alpha value is -3.88. The van der Waals surface area contributed by atoms with Crippen molar-refractivity contribution in [3.05, 3.63) is 65.5 Å². The minimum Gasteiger partial charge on any atom is -0.491 e. The van der Waals surface area contributed by atoms with E-state index in [9.17, 15) is 14.4 Å². The smallest absolute Gasteiger partial charge is 0.255 e. The van der Waals surface area contributed by atoms with Crippen LogP contribution in [0, 0.1) is 6.92 Å². The molecule has 0 saturated carbocycles. The predicted octanol–water partition coefficient (Wildman–Crippen LogP) is 1.80. The van der Waals surface area contributed by atoms with Gasteiger partial charge in [0, 0.05) is 44.0 Å². The molecular weight excluding hydrogens is 422 g/mol. The van der Waals surface area contributed by atoms with Gasteiger partial charge in [0.05, 0.1) is 17.6 Å². The first kappa shape index (κ1) is 22.3. The number of amides is 3. The molecule has 1 aliphatic rings. The van der Waals surface area contributed by atoms with Crippen LogP contribution in [0.5, 0.6) is 5.75 Å². The van der Waals surface area contributed by atoms with Crippen molar-refractivity contribution >= 4 is 23.2 Å². The van der Waals surface area contributed by atoms with Gasteiger partial charge in [-0.3, -0.25) is 14.4 Å². The number of aromatic nitrogens is 2. The molecule has 1 aromatic carbocycles. The summed E-state index contributed by atoms with van der Waals surface area (Å²) in [7, 11) is 0. The second-order valence-corrected chi connectivity index (χ2v) is 7.97. The molecule has 9 nitrogen and oxygen atoms in total. The maximum Gasteiger partial charge on any atom is 0.255 e. The SMILES string of the molecule is Cc1ccc2c(c1)C(=O)NCCN(C(=O)c1ccn3nccc3c1)CCCC(=O)NCCO2. The Kier molecular flexibility index (Phi) is 6.87. The highest BCUT2D eigenvalue weighted by Crippen LogP contribution is 2.20. The number of benzene rings is 1. The average molecular weight is 450 g/mol. The van der Waals surface area contributed by atoms with Gasteiger partial charge < -0.3 is 20.3 Å². The first-order chi connectivity index (χ1) is 16.0. The quantitative estimate of drug-likeness (QED) is 0.590. The Labute approximate surface area is 191 Å². The summed E-state index contributed by atoms with van der Waals surface area (Å²) in [5, 5.41) is 9.87. The summed E-state index contributed by atoms with van der Waals surface area (Å²) in [5.74, 6) is -0.0536. The number of hydrogen-bond donors (Lipinski definition) is 2. The second kappa shape index (κ2) is 10.2. The molecule has 2 N–H and O–H groups in total. The summed E-state index contributed by atoms with van der Waals surface area (Å²) in [5.41, 5.74) is 2.72. The Morgan fingerprint density at radius 1 is 1.06 bits per heavy atom. The van der Waals surface area contributed by atoms with Gasteiger partial charge in [0.1, 0.15) is 12.4 Å². The van der Waals surface area contributed by atoms with Gasteiger partial charge in [0.2, 0.25) is 5.91 Å². The van der Waals surface area contributed by atoms with Crippen LogP contribution in [0.3, 0.4) is 0 Å². The van der Waals surface area contributed by atoms with Gasteiger partial charge in [-0.25, -0.2) is 4.52 Å². The third-order valence-corrected chi connectivity index (χ3v) is 5.49. The minimum absolute atomic E-state index is 0.0973. The molecular formula is C24H27N5O4. The molecule has 4 rings (SSSR count). The largest absolute Gasteiger partial charge is 0.491 e. The standard InChI is InChI=1S/C24H27N5O4/c1-17-4-5-21-20(15-17)23(31)26-9-13-28(11-2-3-22(30)25-10-14-33-21)24(32)18-7-12-29-19(16-18)6-8-27-29/h4-8,12,15-16H,2-3,9-11,13-14H2,1H3,(H,25,30)(H,26,31). The molecule has 0 unspecified atom stereocenters. The number of carbonyl (C=O) groups is 3. The molecule has 9 heteroatoms.